The second-order valence-electron chi connectivity index (χ2n) is 4.42. The van der Waals surface area contributed by atoms with Gasteiger partial charge in [0.15, 0.2) is 0 Å². The number of amides is 1. The number of hydrogen-bond donors (Lipinski definition) is 1. The Balaban J connectivity index is 2.21. The molecule has 4 nitrogen and oxygen atoms in total. The average molecular weight is 255 g/mol. The molecule has 1 aromatic carbocycles. The molecule has 19 heavy (non-hydrogen) atoms. The summed E-state index contributed by atoms with van der Waals surface area (Å²) in [7, 11) is 0. The molecule has 0 saturated heterocycles. The minimum atomic E-state index is -0.167. The van der Waals surface area contributed by atoms with Gasteiger partial charge in [0.1, 0.15) is 6.33 Å². The number of nitrogens with zero attached hydrogens (tertiary/aromatic N) is 2. The molecule has 0 bridgehead atoms. The fraction of sp³-hybridized carbons (Fsp3) is 0.267. The molecule has 0 fully saturated rings. The lowest BCUT2D eigenvalue weighted by molar-refractivity contribution is 0.102. The van der Waals surface area contributed by atoms with Crippen molar-refractivity contribution >= 4 is 11.6 Å². The van der Waals surface area contributed by atoms with Crippen molar-refractivity contribution in [2.75, 3.05) is 5.32 Å². The first-order valence-corrected chi connectivity index (χ1v) is 6.30. The maximum atomic E-state index is 12.2. The van der Waals surface area contributed by atoms with Gasteiger partial charge in [-0.25, -0.2) is 9.97 Å². The van der Waals surface area contributed by atoms with Gasteiger partial charge in [0.05, 0.1) is 17.0 Å². The molecule has 0 unspecified atom stereocenters. The molecule has 1 aromatic heterocycles. The van der Waals surface area contributed by atoms with E-state index in [0.717, 1.165) is 12.1 Å². The Labute approximate surface area is 112 Å². The number of nitrogens with one attached hydrogen (secondary N) is 1. The van der Waals surface area contributed by atoms with Gasteiger partial charge in [-0.15, -0.1) is 0 Å². The smallest absolute Gasteiger partial charge is 0.259 e. The van der Waals surface area contributed by atoms with Crippen LogP contribution >= 0.6 is 0 Å². The Morgan fingerprint density at radius 3 is 2.21 bits per heavy atom. The zero-order valence-corrected chi connectivity index (χ0v) is 11.4. The van der Waals surface area contributed by atoms with Crippen LogP contribution in [0.15, 0.2) is 30.6 Å². The molecule has 0 aliphatic heterocycles. The molecule has 0 radical (unpaired) electrons. The van der Waals surface area contributed by atoms with Gasteiger partial charge in [-0.2, -0.15) is 0 Å². The average Bonchev–Trinajstić information content (AvgIpc) is 2.39. The molecule has 0 aliphatic rings. The zero-order chi connectivity index (χ0) is 13.8. The van der Waals surface area contributed by atoms with E-state index in [2.05, 4.69) is 22.2 Å². The highest BCUT2D eigenvalue weighted by Crippen LogP contribution is 2.14. The molecule has 2 rings (SSSR count). The minimum Gasteiger partial charge on any atom is -0.322 e. The lowest BCUT2D eigenvalue weighted by atomic mass is 10.1. The van der Waals surface area contributed by atoms with E-state index in [-0.39, 0.29) is 5.91 Å². The van der Waals surface area contributed by atoms with Gasteiger partial charge in [0.2, 0.25) is 0 Å². The van der Waals surface area contributed by atoms with E-state index >= 15 is 0 Å². The van der Waals surface area contributed by atoms with Crippen molar-refractivity contribution in [1.29, 1.82) is 0 Å². The van der Waals surface area contributed by atoms with Crippen LogP contribution in [0.5, 0.6) is 0 Å². The summed E-state index contributed by atoms with van der Waals surface area (Å²) in [6.45, 7) is 5.72. The van der Waals surface area contributed by atoms with Gasteiger partial charge in [-0.3, -0.25) is 4.79 Å². The zero-order valence-electron chi connectivity index (χ0n) is 11.4. The first kappa shape index (κ1) is 13.2. The predicted octanol–water partition coefficient (Wildman–Crippen LogP) is 2.91. The highest BCUT2D eigenvalue weighted by atomic mass is 16.1. The number of aromatic nitrogens is 2. The lowest BCUT2D eigenvalue weighted by Crippen LogP contribution is -2.16. The summed E-state index contributed by atoms with van der Waals surface area (Å²) < 4.78 is 0. The monoisotopic (exact) mass is 255 g/mol. The number of carbonyl (C=O) groups is 1. The van der Waals surface area contributed by atoms with Crippen molar-refractivity contribution in [2.24, 2.45) is 0 Å². The summed E-state index contributed by atoms with van der Waals surface area (Å²) in [6.07, 6.45) is 2.45. The molecule has 98 valence electrons. The van der Waals surface area contributed by atoms with Gasteiger partial charge < -0.3 is 5.32 Å². The number of benzene rings is 1. The van der Waals surface area contributed by atoms with E-state index in [4.69, 9.17) is 0 Å². The highest BCUT2D eigenvalue weighted by Gasteiger charge is 2.13. The van der Waals surface area contributed by atoms with Crippen LogP contribution < -0.4 is 5.32 Å². The lowest BCUT2D eigenvalue weighted by Gasteiger charge is -2.09. The van der Waals surface area contributed by atoms with Crippen LogP contribution in [0.4, 0.5) is 5.69 Å². The van der Waals surface area contributed by atoms with Crippen LogP contribution in [0.1, 0.15) is 34.2 Å². The first-order chi connectivity index (χ1) is 9.11. The summed E-state index contributed by atoms with van der Waals surface area (Å²) in [4.78, 5) is 20.3. The van der Waals surface area contributed by atoms with Crippen molar-refractivity contribution in [2.45, 2.75) is 27.2 Å². The Morgan fingerprint density at radius 1 is 1.11 bits per heavy atom. The van der Waals surface area contributed by atoms with Crippen LogP contribution in [0.25, 0.3) is 0 Å². The summed E-state index contributed by atoms with van der Waals surface area (Å²) in [5, 5.41) is 2.87. The van der Waals surface area contributed by atoms with Gasteiger partial charge >= 0.3 is 0 Å². The molecule has 0 saturated carbocycles. The van der Waals surface area contributed by atoms with Gasteiger partial charge in [0, 0.05) is 5.69 Å². The van der Waals surface area contributed by atoms with E-state index in [1.165, 1.54) is 11.9 Å². The molecule has 1 amide bonds. The third kappa shape index (κ3) is 2.96. The fourth-order valence-corrected chi connectivity index (χ4v) is 1.94. The van der Waals surface area contributed by atoms with Gasteiger partial charge in [-0.05, 0) is 38.0 Å². The van der Waals surface area contributed by atoms with Crippen LogP contribution in [0.3, 0.4) is 0 Å². The normalized spacial score (nSPS) is 10.3. The van der Waals surface area contributed by atoms with E-state index in [9.17, 15) is 4.79 Å². The number of aryl methyl sites for hydroxylation is 3. The van der Waals surface area contributed by atoms with Crippen molar-refractivity contribution in [1.82, 2.24) is 9.97 Å². The SMILES string of the molecule is CCc1ccc(NC(=O)c2c(C)ncnc2C)cc1. The minimum absolute atomic E-state index is 0.167. The Hall–Kier alpha value is -2.23. The Kier molecular flexibility index (Phi) is 3.90. The van der Waals surface area contributed by atoms with Crippen molar-refractivity contribution in [3.63, 3.8) is 0 Å². The van der Waals surface area contributed by atoms with Gasteiger partial charge in [0.25, 0.3) is 5.91 Å². The third-order valence-corrected chi connectivity index (χ3v) is 3.07. The maximum Gasteiger partial charge on any atom is 0.259 e. The summed E-state index contributed by atoms with van der Waals surface area (Å²) in [5.74, 6) is -0.167. The highest BCUT2D eigenvalue weighted by molar-refractivity contribution is 6.05. The number of rotatable bonds is 3. The van der Waals surface area contributed by atoms with E-state index in [0.29, 0.717) is 17.0 Å². The van der Waals surface area contributed by atoms with Gasteiger partial charge in [-0.1, -0.05) is 19.1 Å². The maximum absolute atomic E-state index is 12.2. The standard InChI is InChI=1S/C15H17N3O/c1-4-12-5-7-13(8-6-12)18-15(19)14-10(2)16-9-17-11(14)3/h5-9H,4H2,1-3H3,(H,18,19). The van der Waals surface area contributed by atoms with Crippen LogP contribution in [-0.4, -0.2) is 15.9 Å². The quantitative estimate of drug-likeness (QED) is 0.917. The Bertz CT molecular complexity index is 571. The second kappa shape index (κ2) is 5.61. The molecular formula is C15H17N3O. The number of anilines is 1. The molecule has 1 heterocycles. The van der Waals surface area contributed by atoms with Crippen molar-refractivity contribution in [3.05, 3.63) is 53.1 Å². The van der Waals surface area contributed by atoms with Crippen molar-refractivity contribution < 1.29 is 4.79 Å². The van der Waals surface area contributed by atoms with E-state index < -0.39 is 0 Å². The molecule has 4 heteroatoms. The third-order valence-electron chi connectivity index (χ3n) is 3.07. The van der Waals surface area contributed by atoms with E-state index in [1.54, 1.807) is 0 Å². The van der Waals surface area contributed by atoms with Crippen LogP contribution in [0.2, 0.25) is 0 Å². The topological polar surface area (TPSA) is 54.9 Å². The molecule has 1 N–H and O–H groups in total. The van der Waals surface area contributed by atoms with Crippen molar-refractivity contribution in [3.8, 4) is 0 Å². The molecule has 0 spiro atoms. The summed E-state index contributed by atoms with van der Waals surface area (Å²) in [5.41, 5.74) is 3.95. The number of carbonyl (C=O) groups excluding carboxylic acids is 1. The summed E-state index contributed by atoms with van der Waals surface area (Å²) in [6, 6.07) is 7.84. The predicted molar refractivity (Wildman–Crippen MR) is 75.3 cm³/mol. The number of hydrogen-bond acceptors (Lipinski definition) is 3. The van der Waals surface area contributed by atoms with E-state index in [1.807, 2.05) is 38.1 Å². The molecule has 0 aliphatic carbocycles. The largest absolute Gasteiger partial charge is 0.322 e. The first-order valence-electron chi connectivity index (χ1n) is 6.30. The second-order valence-corrected chi connectivity index (χ2v) is 4.42. The molecule has 2 aromatic rings. The summed E-state index contributed by atoms with van der Waals surface area (Å²) >= 11 is 0. The van der Waals surface area contributed by atoms with Crippen LogP contribution in [-0.2, 0) is 6.42 Å². The molecule has 0 atom stereocenters. The fourth-order valence-electron chi connectivity index (χ4n) is 1.94. The Morgan fingerprint density at radius 2 is 1.68 bits per heavy atom. The molecular weight excluding hydrogens is 238 g/mol. The van der Waals surface area contributed by atoms with Crippen LogP contribution in [0, 0.1) is 13.8 Å².